The van der Waals surface area contributed by atoms with Gasteiger partial charge in [-0.25, -0.2) is 0 Å². The van der Waals surface area contributed by atoms with E-state index in [1.807, 2.05) is 54.6 Å². The molecule has 0 unspecified atom stereocenters. The van der Waals surface area contributed by atoms with Crippen LogP contribution in [0.3, 0.4) is 0 Å². The largest absolute Gasteiger partial charge is 0.265 e. The Kier molecular flexibility index (Phi) is 18.2. The fourth-order valence-electron chi connectivity index (χ4n) is 0.938. The van der Waals surface area contributed by atoms with Gasteiger partial charge in [-0.05, 0) is 36.4 Å². The van der Waals surface area contributed by atoms with Crippen molar-refractivity contribution in [2.75, 3.05) is 0 Å². The van der Waals surface area contributed by atoms with Gasteiger partial charge in [0.05, 0.1) is 0 Å². The molecule has 0 saturated carbocycles. The molecule has 0 atom stereocenters. The Bertz CT molecular complexity index is 358. The molecule has 0 aliphatic rings. The standard InChI is InChI=1S/3C5H5N.3BrH.Ir/c3*1-2-4-6-5-3-1;;;;/h3*1-5H;3*1H;/q;;;;;;+3/p-3. The predicted molar refractivity (Wildman–Crippen MR) is 99.5 cm³/mol. The van der Waals surface area contributed by atoms with E-state index in [1.54, 1.807) is 37.2 Å². The first kappa shape index (κ1) is 21.5. The van der Waals surface area contributed by atoms with Gasteiger partial charge in [0.2, 0.25) is 0 Å². The molecule has 7 heteroatoms. The number of halogens is 3. The van der Waals surface area contributed by atoms with Gasteiger partial charge in [0, 0.05) is 37.2 Å². The third kappa shape index (κ3) is 21.8. The molecule has 3 aromatic heterocycles. The van der Waals surface area contributed by atoms with E-state index >= 15 is 0 Å². The van der Waals surface area contributed by atoms with Crippen molar-refractivity contribution < 1.29 is 10.5 Å². The van der Waals surface area contributed by atoms with Crippen molar-refractivity contribution in [2.45, 2.75) is 0 Å². The second-order valence-electron chi connectivity index (χ2n) is 3.22. The van der Waals surface area contributed by atoms with E-state index in [2.05, 4.69) is 55.4 Å². The van der Waals surface area contributed by atoms with Crippen LogP contribution in [0.25, 0.3) is 0 Å². The van der Waals surface area contributed by atoms with Gasteiger partial charge in [0.15, 0.2) is 0 Å². The van der Waals surface area contributed by atoms with E-state index in [9.17, 15) is 0 Å². The zero-order valence-corrected chi connectivity index (χ0v) is 18.6. The van der Waals surface area contributed by atoms with E-state index in [4.69, 9.17) is 0 Å². The van der Waals surface area contributed by atoms with Gasteiger partial charge in [-0.2, -0.15) is 0 Å². The molecule has 3 nitrogen and oxygen atoms in total. The molecule has 0 bridgehead atoms. The van der Waals surface area contributed by atoms with Crippen LogP contribution in [0, 0.1) is 0 Å². The van der Waals surface area contributed by atoms with E-state index in [1.165, 1.54) is 0 Å². The second kappa shape index (κ2) is 18.6. The molecule has 0 spiro atoms. The fraction of sp³-hybridized carbons (Fsp3) is 0. The summed E-state index contributed by atoms with van der Waals surface area (Å²) in [5, 5.41) is 0. The average Bonchev–Trinajstić information content (AvgIpc) is 2.60. The van der Waals surface area contributed by atoms with Gasteiger partial charge in [0.1, 0.15) is 0 Å². The molecule has 0 fully saturated rings. The third-order valence-corrected chi connectivity index (χ3v) is 1.70. The Balaban J connectivity index is 0.000000271. The second-order valence-corrected chi connectivity index (χ2v) is 34.6. The van der Waals surface area contributed by atoms with Crippen LogP contribution in [0.4, 0.5) is 0 Å². The molecular formula is C15H15Br3IrN3. The van der Waals surface area contributed by atoms with Crippen LogP contribution in [0.15, 0.2) is 91.8 Å². The minimum absolute atomic E-state index is 0.896. The van der Waals surface area contributed by atoms with Crippen LogP contribution >= 0.6 is 40.5 Å². The number of hydrogen-bond acceptors (Lipinski definition) is 3. The van der Waals surface area contributed by atoms with Gasteiger partial charge in [-0.3, -0.25) is 15.0 Å². The van der Waals surface area contributed by atoms with E-state index in [-0.39, 0.29) is 0 Å². The maximum absolute atomic E-state index is 3.78. The molecule has 3 aromatic rings. The summed E-state index contributed by atoms with van der Waals surface area (Å²) in [5.41, 5.74) is 0. The Hall–Kier alpha value is -0.461. The molecule has 3 rings (SSSR count). The predicted octanol–water partition coefficient (Wildman–Crippen LogP) is 5.78. The van der Waals surface area contributed by atoms with Crippen molar-refractivity contribution in [1.29, 1.82) is 0 Å². The number of aromatic nitrogens is 3. The Morgan fingerprint density at radius 1 is 0.409 bits per heavy atom. The first-order valence-corrected chi connectivity index (χ1v) is 21.6. The maximum Gasteiger partial charge on any atom is 0.0267 e. The smallest absolute Gasteiger partial charge is 0.0267 e. The van der Waals surface area contributed by atoms with E-state index in [0.717, 1.165) is 0 Å². The van der Waals surface area contributed by atoms with Crippen molar-refractivity contribution in [2.24, 2.45) is 0 Å². The van der Waals surface area contributed by atoms with Gasteiger partial charge in [-0.15, -0.1) is 0 Å². The summed E-state index contributed by atoms with van der Waals surface area (Å²) >= 11 is 9.81. The number of hydrogen-bond donors (Lipinski definition) is 0. The fourth-order valence-corrected chi connectivity index (χ4v) is 0.938. The van der Waals surface area contributed by atoms with E-state index < -0.39 is 10.5 Å². The summed E-state index contributed by atoms with van der Waals surface area (Å²) < 4.78 is 0. The van der Waals surface area contributed by atoms with Crippen LogP contribution in [-0.4, -0.2) is 15.0 Å². The van der Waals surface area contributed by atoms with Crippen LogP contribution in [-0.2, 0) is 10.5 Å². The van der Waals surface area contributed by atoms with E-state index in [0.29, 0.717) is 0 Å². The first-order valence-electron chi connectivity index (χ1n) is 5.93. The monoisotopic (exact) mass is 667 g/mol. The Labute approximate surface area is 156 Å². The van der Waals surface area contributed by atoms with Gasteiger partial charge in [0.25, 0.3) is 0 Å². The van der Waals surface area contributed by atoms with Crippen LogP contribution in [0.5, 0.6) is 0 Å². The zero-order chi connectivity index (χ0) is 16.3. The average molecular weight is 669 g/mol. The first-order chi connectivity index (χ1) is 10.7. The number of nitrogens with zero attached hydrogens (tertiary/aromatic N) is 3. The van der Waals surface area contributed by atoms with Crippen molar-refractivity contribution in [1.82, 2.24) is 15.0 Å². The summed E-state index contributed by atoms with van der Waals surface area (Å²) in [4.78, 5) is 11.4. The third-order valence-electron chi connectivity index (χ3n) is 1.70. The van der Waals surface area contributed by atoms with Crippen LogP contribution in [0.1, 0.15) is 0 Å². The molecule has 0 N–H and O–H groups in total. The van der Waals surface area contributed by atoms with Gasteiger partial charge in [-0.1, -0.05) is 18.2 Å². The van der Waals surface area contributed by atoms with Crippen molar-refractivity contribution in [3.8, 4) is 0 Å². The SMILES string of the molecule is [Br][Ir]([Br])[Br].c1ccncc1.c1ccncc1.c1ccncc1. The van der Waals surface area contributed by atoms with Gasteiger partial charge >= 0.3 is 51.0 Å². The zero-order valence-electron chi connectivity index (χ0n) is 11.5. The molecule has 0 saturated heterocycles. The topological polar surface area (TPSA) is 38.7 Å². The summed E-state index contributed by atoms with van der Waals surface area (Å²) in [7, 11) is -0.896. The molecule has 0 amide bonds. The minimum atomic E-state index is -0.896. The maximum atomic E-state index is 3.78. The molecule has 0 aliphatic heterocycles. The van der Waals surface area contributed by atoms with Crippen molar-refractivity contribution >= 4 is 40.5 Å². The summed E-state index contributed by atoms with van der Waals surface area (Å²) in [6.07, 6.45) is 10.5. The Morgan fingerprint density at radius 2 is 0.591 bits per heavy atom. The molecule has 0 radical (unpaired) electrons. The van der Waals surface area contributed by atoms with Crippen molar-refractivity contribution in [3.63, 3.8) is 0 Å². The number of rotatable bonds is 0. The normalized spacial score (nSPS) is 8.59. The summed E-state index contributed by atoms with van der Waals surface area (Å²) in [6.45, 7) is 0. The number of pyridine rings is 3. The molecule has 0 aromatic carbocycles. The Morgan fingerprint density at radius 3 is 0.636 bits per heavy atom. The summed E-state index contributed by atoms with van der Waals surface area (Å²) in [6, 6.07) is 17.1. The van der Waals surface area contributed by atoms with Crippen LogP contribution in [0.2, 0.25) is 0 Å². The van der Waals surface area contributed by atoms with Crippen molar-refractivity contribution in [3.05, 3.63) is 91.8 Å². The van der Waals surface area contributed by atoms with Crippen LogP contribution < -0.4 is 0 Å². The summed E-state index contributed by atoms with van der Waals surface area (Å²) in [5.74, 6) is 0. The molecule has 0 aliphatic carbocycles. The van der Waals surface area contributed by atoms with Gasteiger partial charge < -0.3 is 0 Å². The quantitative estimate of drug-likeness (QED) is 0.305. The molecule has 22 heavy (non-hydrogen) atoms. The minimum Gasteiger partial charge on any atom is -0.265 e. The molecular weight excluding hydrogens is 654 g/mol. The molecule has 3 heterocycles. The molecule has 120 valence electrons.